The smallest absolute Gasteiger partial charge is 0.339 e. The summed E-state index contributed by atoms with van der Waals surface area (Å²) in [6.45, 7) is 5.15. The van der Waals surface area contributed by atoms with Crippen LogP contribution < -0.4 is 4.74 Å². The molecule has 0 bridgehead atoms. The van der Waals surface area contributed by atoms with Gasteiger partial charge in [-0.15, -0.1) is 0 Å². The molecule has 0 aliphatic carbocycles. The average molecular weight is 368 g/mol. The highest BCUT2D eigenvalue weighted by Gasteiger charge is 2.13. The lowest BCUT2D eigenvalue weighted by Crippen LogP contribution is -2.25. The van der Waals surface area contributed by atoms with Crippen LogP contribution in [-0.2, 0) is 6.42 Å². The summed E-state index contributed by atoms with van der Waals surface area (Å²) in [6, 6.07) is 13.4. The van der Waals surface area contributed by atoms with Crippen LogP contribution in [0.5, 0.6) is 5.75 Å². The number of nitrogens with one attached hydrogen (secondary N) is 1. The number of rotatable bonds is 9. The average Bonchev–Trinajstić information content (AvgIpc) is 2.67. The van der Waals surface area contributed by atoms with Gasteiger partial charge in [-0.2, -0.15) is 0 Å². The maximum Gasteiger partial charge on any atom is 0.339 e. The first-order valence-corrected chi connectivity index (χ1v) is 9.34. The number of hydrogen-bond acceptors (Lipinski definition) is 3. The number of nitrogens with zero attached hydrogens (tertiary/aromatic N) is 1. The van der Waals surface area contributed by atoms with Crippen molar-refractivity contribution in [2.75, 3.05) is 20.2 Å². The van der Waals surface area contributed by atoms with E-state index in [0.717, 1.165) is 36.9 Å². The van der Waals surface area contributed by atoms with Crippen molar-refractivity contribution in [1.82, 2.24) is 4.90 Å². The van der Waals surface area contributed by atoms with Crippen LogP contribution in [0.2, 0.25) is 0 Å². The zero-order chi connectivity index (χ0) is 19.8. The second-order valence-corrected chi connectivity index (χ2v) is 6.46. The van der Waals surface area contributed by atoms with Crippen LogP contribution in [0.25, 0.3) is 11.1 Å². The van der Waals surface area contributed by atoms with E-state index in [1.807, 2.05) is 44.0 Å². The van der Waals surface area contributed by atoms with E-state index in [1.165, 1.54) is 5.56 Å². The lowest BCUT2D eigenvalue weighted by molar-refractivity contribution is 0.0692. The van der Waals surface area contributed by atoms with Crippen LogP contribution in [0, 0.1) is 5.41 Å². The van der Waals surface area contributed by atoms with Crippen molar-refractivity contribution in [2.24, 2.45) is 0 Å². The molecule has 5 nitrogen and oxygen atoms in total. The Kier molecular flexibility index (Phi) is 7.41. The Balaban J connectivity index is 2.14. The number of benzene rings is 2. The molecule has 0 heterocycles. The fourth-order valence-electron chi connectivity index (χ4n) is 2.91. The normalized spacial score (nSPS) is 10.5. The Hall–Kier alpha value is -2.82. The minimum absolute atomic E-state index is 0.177. The molecule has 0 amide bonds. The molecule has 27 heavy (non-hydrogen) atoms. The molecule has 0 fully saturated rings. The number of aromatic carboxylic acids is 1. The van der Waals surface area contributed by atoms with Gasteiger partial charge in [0.15, 0.2) is 0 Å². The third-order valence-electron chi connectivity index (χ3n) is 4.58. The first-order chi connectivity index (χ1) is 13.0. The van der Waals surface area contributed by atoms with Gasteiger partial charge in [-0.3, -0.25) is 5.41 Å². The van der Waals surface area contributed by atoms with Gasteiger partial charge in [0, 0.05) is 20.0 Å². The Morgan fingerprint density at radius 2 is 1.89 bits per heavy atom. The number of carbonyl (C=O) groups is 1. The molecule has 2 N–H and O–H groups in total. The molecule has 2 rings (SSSR count). The van der Waals surface area contributed by atoms with Crippen LogP contribution in [0.15, 0.2) is 42.5 Å². The summed E-state index contributed by atoms with van der Waals surface area (Å²) in [7, 11) is 1.94. The summed E-state index contributed by atoms with van der Waals surface area (Å²) in [5.41, 5.74) is 3.20. The van der Waals surface area contributed by atoms with Gasteiger partial charge < -0.3 is 14.7 Å². The molecule has 0 saturated heterocycles. The largest absolute Gasteiger partial charge is 0.493 e. The minimum Gasteiger partial charge on any atom is -0.493 e. The van der Waals surface area contributed by atoms with Crippen molar-refractivity contribution in [3.8, 4) is 16.9 Å². The van der Waals surface area contributed by atoms with Crippen molar-refractivity contribution in [3.63, 3.8) is 0 Å². The van der Waals surface area contributed by atoms with Crippen molar-refractivity contribution < 1.29 is 14.6 Å². The second kappa shape index (κ2) is 9.76. The zero-order valence-electron chi connectivity index (χ0n) is 16.3. The third-order valence-corrected chi connectivity index (χ3v) is 4.58. The third kappa shape index (κ3) is 5.58. The Morgan fingerprint density at radius 3 is 2.56 bits per heavy atom. The lowest BCUT2D eigenvalue weighted by Gasteiger charge is -2.17. The number of aryl methyl sites for hydroxylation is 1. The second-order valence-electron chi connectivity index (χ2n) is 6.46. The van der Waals surface area contributed by atoms with E-state index < -0.39 is 5.97 Å². The van der Waals surface area contributed by atoms with Crippen LogP contribution >= 0.6 is 0 Å². The Labute approximate surface area is 161 Å². The number of carboxylic acid groups (broad SMARTS) is 1. The monoisotopic (exact) mass is 368 g/mol. The quantitative estimate of drug-likeness (QED) is 0.497. The van der Waals surface area contributed by atoms with Crippen molar-refractivity contribution >= 4 is 11.8 Å². The molecule has 0 unspecified atom stereocenters. The molecular formula is C22H28N2O3. The first-order valence-electron chi connectivity index (χ1n) is 9.34. The number of hydrogen-bond donors (Lipinski definition) is 2. The van der Waals surface area contributed by atoms with Crippen molar-refractivity contribution in [2.45, 2.75) is 33.1 Å². The molecule has 0 atom stereocenters. The summed E-state index contributed by atoms with van der Waals surface area (Å²) >= 11 is 0. The van der Waals surface area contributed by atoms with E-state index >= 15 is 0 Å². The highest BCUT2D eigenvalue weighted by Crippen LogP contribution is 2.28. The maximum absolute atomic E-state index is 11.5. The molecule has 0 radical (unpaired) electrons. The Morgan fingerprint density at radius 1 is 1.15 bits per heavy atom. The van der Waals surface area contributed by atoms with E-state index in [4.69, 9.17) is 10.1 Å². The predicted molar refractivity (Wildman–Crippen MR) is 109 cm³/mol. The van der Waals surface area contributed by atoms with Gasteiger partial charge in [0.05, 0.1) is 12.4 Å². The summed E-state index contributed by atoms with van der Waals surface area (Å²) in [5, 5.41) is 17.5. The van der Waals surface area contributed by atoms with Gasteiger partial charge in [-0.05, 0) is 55.5 Å². The van der Waals surface area contributed by atoms with Crippen molar-refractivity contribution in [1.29, 1.82) is 5.41 Å². The summed E-state index contributed by atoms with van der Waals surface area (Å²) in [5.74, 6) is 0.0599. The molecule has 0 aliphatic rings. The van der Waals surface area contributed by atoms with E-state index in [9.17, 15) is 9.90 Å². The van der Waals surface area contributed by atoms with Crippen LogP contribution in [0.1, 0.15) is 42.6 Å². The fraction of sp³-hybridized carbons (Fsp3) is 0.364. The van der Waals surface area contributed by atoms with Crippen LogP contribution in [-0.4, -0.2) is 42.0 Å². The first kappa shape index (κ1) is 20.5. The van der Waals surface area contributed by atoms with Gasteiger partial charge in [0.2, 0.25) is 0 Å². The van der Waals surface area contributed by atoms with E-state index in [2.05, 4.69) is 12.1 Å². The molecule has 0 aromatic heterocycles. The number of carboxylic acids is 1. The Bertz CT molecular complexity index is 802. The molecule has 5 heteroatoms. The summed E-state index contributed by atoms with van der Waals surface area (Å²) in [4.78, 5) is 13.5. The minimum atomic E-state index is -0.991. The fourth-order valence-corrected chi connectivity index (χ4v) is 2.91. The predicted octanol–water partition coefficient (Wildman–Crippen LogP) is 4.70. The van der Waals surface area contributed by atoms with Crippen molar-refractivity contribution in [3.05, 3.63) is 53.6 Å². The van der Waals surface area contributed by atoms with Gasteiger partial charge in [0.1, 0.15) is 11.3 Å². The highest BCUT2D eigenvalue weighted by molar-refractivity contribution is 5.92. The van der Waals surface area contributed by atoms with Crippen LogP contribution in [0.4, 0.5) is 0 Å². The van der Waals surface area contributed by atoms with Gasteiger partial charge >= 0.3 is 5.97 Å². The van der Waals surface area contributed by atoms with E-state index in [0.29, 0.717) is 18.2 Å². The van der Waals surface area contributed by atoms with E-state index in [1.54, 1.807) is 12.1 Å². The molecular weight excluding hydrogens is 340 g/mol. The molecule has 2 aromatic rings. The molecule has 2 aromatic carbocycles. The number of ether oxygens (including phenoxy) is 1. The highest BCUT2D eigenvalue weighted by atomic mass is 16.5. The van der Waals surface area contributed by atoms with Crippen LogP contribution in [0.3, 0.4) is 0 Å². The SMILES string of the molecule is CCOc1ccc(-c2cccc(CCCC(=N)N(C)CC)c2)cc1C(=O)O. The lowest BCUT2D eigenvalue weighted by atomic mass is 9.98. The standard InChI is InChI=1S/C22H28N2O3/c1-4-24(3)21(23)11-7-9-16-8-6-10-17(14-16)18-12-13-20(27-5-2)19(15-18)22(25)26/h6,8,10,12-15,23H,4-5,7,9,11H2,1-3H3,(H,25,26). The van der Waals surface area contributed by atoms with E-state index in [-0.39, 0.29) is 5.56 Å². The van der Waals surface area contributed by atoms with Gasteiger partial charge in [-0.25, -0.2) is 4.79 Å². The molecule has 0 saturated carbocycles. The number of amidine groups is 1. The van der Waals surface area contributed by atoms with Gasteiger partial charge in [0.25, 0.3) is 0 Å². The topological polar surface area (TPSA) is 73.6 Å². The summed E-state index contributed by atoms with van der Waals surface area (Å²) < 4.78 is 5.41. The maximum atomic E-state index is 11.5. The summed E-state index contributed by atoms with van der Waals surface area (Å²) in [6.07, 6.45) is 2.55. The zero-order valence-corrected chi connectivity index (χ0v) is 16.3. The molecule has 0 spiro atoms. The van der Waals surface area contributed by atoms with Gasteiger partial charge in [-0.1, -0.05) is 30.3 Å². The molecule has 0 aliphatic heterocycles. The molecule has 144 valence electrons.